The first-order valence-corrected chi connectivity index (χ1v) is 12.3. The minimum absolute atomic E-state index is 0.168. The average Bonchev–Trinajstić information content (AvgIpc) is 3.39. The molecule has 2 amide bonds. The lowest BCUT2D eigenvalue weighted by molar-refractivity contribution is 0.0509. The van der Waals surface area contributed by atoms with Gasteiger partial charge in [0.15, 0.2) is 0 Å². The van der Waals surface area contributed by atoms with E-state index in [0.29, 0.717) is 18.2 Å². The van der Waals surface area contributed by atoms with Gasteiger partial charge in [-0.05, 0) is 76.4 Å². The SMILES string of the molecule is CC(C)(C)OC(=O)NCC1CCN(Cc2ccc(-n3ccc(NC(=O)n4ccnc4)nc3=O)cc2)CC1. The minimum Gasteiger partial charge on any atom is -0.444 e. The maximum Gasteiger partial charge on any atom is 0.407 e. The maximum absolute atomic E-state index is 12.5. The van der Waals surface area contributed by atoms with Crippen molar-refractivity contribution in [3.05, 3.63) is 71.3 Å². The number of alkyl carbamates (subject to hydrolysis) is 1. The van der Waals surface area contributed by atoms with Crippen molar-refractivity contribution < 1.29 is 14.3 Å². The summed E-state index contributed by atoms with van der Waals surface area (Å²) in [5.74, 6) is 0.611. The molecule has 1 aliphatic rings. The summed E-state index contributed by atoms with van der Waals surface area (Å²) in [6, 6.07) is 8.92. The summed E-state index contributed by atoms with van der Waals surface area (Å²) in [5.41, 5.74) is 0.869. The Morgan fingerprint density at radius 2 is 1.81 bits per heavy atom. The third kappa shape index (κ3) is 7.50. The molecular formula is C26H33N7O4. The van der Waals surface area contributed by atoms with Crippen LogP contribution in [-0.4, -0.2) is 61.4 Å². The van der Waals surface area contributed by atoms with Gasteiger partial charge in [-0.25, -0.2) is 19.4 Å². The van der Waals surface area contributed by atoms with Crippen LogP contribution in [0.15, 0.2) is 60.0 Å². The zero-order valence-electron chi connectivity index (χ0n) is 21.4. The van der Waals surface area contributed by atoms with E-state index in [1.165, 1.54) is 27.9 Å². The third-order valence-electron chi connectivity index (χ3n) is 6.04. The van der Waals surface area contributed by atoms with Crippen molar-refractivity contribution >= 4 is 17.9 Å². The quantitative estimate of drug-likeness (QED) is 0.525. The van der Waals surface area contributed by atoms with E-state index in [1.54, 1.807) is 12.3 Å². The lowest BCUT2D eigenvalue weighted by Crippen LogP contribution is -2.40. The molecule has 0 radical (unpaired) electrons. The Hall–Kier alpha value is -3.99. The molecule has 2 N–H and O–H groups in total. The Balaban J connectivity index is 1.26. The lowest BCUT2D eigenvalue weighted by Gasteiger charge is -2.32. The molecule has 0 aliphatic carbocycles. The lowest BCUT2D eigenvalue weighted by atomic mass is 9.96. The molecule has 3 aromatic rings. The maximum atomic E-state index is 12.5. The zero-order chi connectivity index (χ0) is 26.4. The minimum atomic E-state index is -0.491. The number of imidazole rings is 1. The van der Waals surface area contributed by atoms with Gasteiger partial charge in [0, 0.05) is 31.7 Å². The summed E-state index contributed by atoms with van der Waals surface area (Å²) in [7, 11) is 0. The first kappa shape index (κ1) is 26.1. The van der Waals surface area contributed by atoms with Crippen molar-refractivity contribution in [2.75, 3.05) is 25.0 Å². The van der Waals surface area contributed by atoms with Crippen LogP contribution in [0.5, 0.6) is 0 Å². The van der Waals surface area contributed by atoms with E-state index in [-0.39, 0.29) is 11.9 Å². The number of rotatable bonds is 6. The number of piperidine rings is 1. The Morgan fingerprint density at radius 3 is 2.43 bits per heavy atom. The molecule has 3 heterocycles. The molecule has 4 rings (SSSR count). The molecule has 0 spiro atoms. The molecule has 2 aromatic heterocycles. The molecule has 11 nitrogen and oxygen atoms in total. The predicted molar refractivity (Wildman–Crippen MR) is 139 cm³/mol. The highest BCUT2D eigenvalue weighted by atomic mass is 16.6. The van der Waals surface area contributed by atoms with Crippen LogP contribution in [-0.2, 0) is 11.3 Å². The Labute approximate surface area is 215 Å². The summed E-state index contributed by atoms with van der Waals surface area (Å²) >= 11 is 0. The van der Waals surface area contributed by atoms with Crippen LogP contribution in [0.4, 0.5) is 15.4 Å². The second-order valence-corrected chi connectivity index (χ2v) is 10.1. The number of aromatic nitrogens is 4. The number of carbonyl (C=O) groups is 2. The zero-order valence-corrected chi connectivity index (χ0v) is 21.4. The largest absolute Gasteiger partial charge is 0.444 e. The van der Waals surface area contributed by atoms with E-state index in [1.807, 2.05) is 45.0 Å². The van der Waals surface area contributed by atoms with E-state index in [2.05, 4.69) is 25.5 Å². The van der Waals surface area contributed by atoms with Gasteiger partial charge >= 0.3 is 17.8 Å². The first-order chi connectivity index (χ1) is 17.7. The van der Waals surface area contributed by atoms with Crippen LogP contribution >= 0.6 is 0 Å². The molecule has 196 valence electrons. The molecule has 0 unspecified atom stereocenters. The second-order valence-electron chi connectivity index (χ2n) is 10.1. The third-order valence-corrected chi connectivity index (χ3v) is 6.04. The van der Waals surface area contributed by atoms with Crippen molar-refractivity contribution in [2.45, 2.75) is 45.8 Å². The van der Waals surface area contributed by atoms with E-state index in [4.69, 9.17) is 4.74 Å². The summed E-state index contributed by atoms with van der Waals surface area (Å²) in [5, 5.41) is 5.45. The summed E-state index contributed by atoms with van der Waals surface area (Å²) in [6.45, 7) is 8.93. The van der Waals surface area contributed by atoms with Crippen molar-refractivity contribution in [1.82, 2.24) is 29.3 Å². The fourth-order valence-corrected chi connectivity index (χ4v) is 4.13. The van der Waals surface area contributed by atoms with Gasteiger partial charge in [0.1, 0.15) is 17.7 Å². The van der Waals surface area contributed by atoms with E-state index >= 15 is 0 Å². The number of hydrogen-bond acceptors (Lipinski definition) is 7. The van der Waals surface area contributed by atoms with Gasteiger partial charge in [-0.2, -0.15) is 4.98 Å². The van der Waals surface area contributed by atoms with Gasteiger partial charge in [-0.3, -0.25) is 19.4 Å². The Morgan fingerprint density at radius 1 is 1.08 bits per heavy atom. The van der Waals surface area contributed by atoms with Crippen LogP contribution in [0.2, 0.25) is 0 Å². The molecule has 37 heavy (non-hydrogen) atoms. The molecule has 1 saturated heterocycles. The number of amides is 2. The Bertz CT molecular complexity index is 1260. The topological polar surface area (TPSA) is 123 Å². The number of anilines is 1. The summed E-state index contributed by atoms with van der Waals surface area (Å²) in [6.07, 6.45) is 7.61. The van der Waals surface area contributed by atoms with E-state index in [0.717, 1.165) is 38.0 Å². The summed E-state index contributed by atoms with van der Waals surface area (Å²) < 4.78 is 8.00. The van der Waals surface area contributed by atoms with Gasteiger partial charge in [0.05, 0.1) is 5.69 Å². The molecule has 11 heteroatoms. The van der Waals surface area contributed by atoms with Gasteiger partial charge in [0.25, 0.3) is 0 Å². The number of hydrogen-bond donors (Lipinski definition) is 2. The van der Waals surface area contributed by atoms with E-state index in [9.17, 15) is 14.4 Å². The summed E-state index contributed by atoms with van der Waals surface area (Å²) in [4.78, 5) is 46.7. The number of benzene rings is 1. The van der Waals surface area contributed by atoms with Crippen LogP contribution in [0.1, 0.15) is 39.2 Å². The number of nitrogens with one attached hydrogen (secondary N) is 2. The normalized spacial score (nSPS) is 14.8. The van der Waals surface area contributed by atoms with Crippen molar-refractivity contribution in [3.8, 4) is 5.69 Å². The fourth-order valence-electron chi connectivity index (χ4n) is 4.13. The van der Waals surface area contributed by atoms with Crippen LogP contribution in [0.25, 0.3) is 5.69 Å². The van der Waals surface area contributed by atoms with E-state index < -0.39 is 17.3 Å². The number of carbonyl (C=O) groups excluding carboxylic acids is 2. The first-order valence-electron chi connectivity index (χ1n) is 12.3. The fraction of sp³-hybridized carbons (Fsp3) is 0.423. The molecule has 1 fully saturated rings. The van der Waals surface area contributed by atoms with Gasteiger partial charge < -0.3 is 10.1 Å². The van der Waals surface area contributed by atoms with Crippen molar-refractivity contribution in [3.63, 3.8) is 0 Å². The molecule has 1 aromatic carbocycles. The van der Waals surface area contributed by atoms with Gasteiger partial charge in [-0.15, -0.1) is 0 Å². The molecule has 0 saturated carbocycles. The van der Waals surface area contributed by atoms with Gasteiger partial charge in [-0.1, -0.05) is 12.1 Å². The Kier molecular flexibility index (Phi) is 8.02. The average molecular weight is 508 g/mol. The second kappa shape index (κ2) is 11.4. The monoisotopic (exact) mass is 507 g/mol. The predicted octanol–water partition coefficient (Wildman–Crippen LogP) is 3.25. The molecule has 0 bridgehead atoms. The highest BCUT2D eigenvalue weighted by Crippen LogP contribution is 2.19. The standard InChI is InChI=1S/C26H33N7O4/c1-26(2,3)37-25(36)28-16-19-8-12-31(13-9-19)17-20-4-6-21(7-5-20)33-14-10-22(30-24(33)35)29-23(34)32-15-11-27-18-32/h4-7,10-11,14-15,18-19H,8-9,12-13,16-17H2,1-3H3,(H,28,36)(H,29,30,34,35). The molecule has 0 atom stereocenters. The number of likely N-dealkylation sites (tertiary alicyclic amines) is 1. The highest BCUT2D eigenvalue weighted by Gasteiger charge is 2.21. The molecule has 1 aliphatic heterocycles. The van der Waals surface area contributed by atoms with Crippen LogP contribution in [0, 0.1) is 5.92 Å². The van der Waals surface area contributed by atoms with Crippen molar-refractivity contribution in [2.24, 2.45) is 5.92 Å². The smallest absolute Gasteiger partial charge is 0.407 e. The van der Waals surface area contributed by atoms with Crippen LogP contribution in [0.3, 0.4) is 0 Å². The molecular weight excluding hydrogens is 474 g/mol. The highest BCUT2D eigenvalue weighted by molar-refractivity contribution is 5.89. The number of ether oxygens (including phenoxy) is 1. The van der Waals surface area contributed by atoms with Gasteiger partial charge in [0.2, 0.25) is 0 Å². The van der Waals surface area contributed by atoms with Crippen molar-refractivity contribution in [1.29, 1.82) is 0 Å². The van der Waals surface area contributed by atoms with Crippen LogP contribution < -0.4 is 16.3 Å². The number of nitrogens with zero attached hydrogens (tertiary/aromatic N) is 5.